The highest BCUT2D eigenvalue weighted by Gasteiger charge is 2.23. The predicted octanol–water partition coefficient (Wildman–Crippen LogP) is 2.45. The molecule has 2 rings (SSSR count). The lowest BCUT2D eigenvalue weighted by Gasteiger charge is -2.20. The first kappa shape index (κ1) is 21.7. The molecule has 1 heterocycles. The molecule has 1 fully saturated rings. The second kappa shape index (κ2) is 9.57. The summed E-state index contributed by atoms with van der Waals surface area (Å²) in [6.45, 7) is 7.42. The van der Waals surface area contributed by atoms with E-state index < -0.39 is 10.0 Å². The molecule has 1 saturated heterocycles. The molecule has 2 amide bonds. The Kier molecular flexibility index (Phi) is 7.69. The van der Waals surface area contributed by atoms with Crippen molar-refractivity contribution in [3.8, 4) is 0 Å². The summed E-state index contributed by atoms with van der Waals surface area (Å²) in [6.07, 6.45) is 0.255. The molecule has 0 aliphatic carbocycles. The molecule has 1 aliphatic heterocycles. The molecule has 0 aromatic heterocycles. The van der Waals surface area contributed by atoms with E-state index in [0.717, 1.165) is 11.3 Å². The number of carbonyl (C=O) groups excluding carboxylic acids is 2. The third kappa shape index (κ3) is 5.46. The van der Waals surface area contributed by atoms with Crippen molar-refractivity contribution < 1.29 is 18.0 Å². The average Bonchev–Trinajstić information content (AvgIpc) is 3.05. The number of hydrogen-bond acceptors (Lipinski definition) is 5. The first-order chi connectivity index (χ1) is 12.8. The lowest BCUT2D eigenvalue weighted by molar-refractivity contribution is -0.121. The summed E-state index contributed by atoms with van der Waals surface area (Å²) in [4.78, 5) is 25.6. The zero-order valence-corrected chi connectivity index (χ0v) is 17.6. The van der Waals surface area contributed by atoms with Crippen LogP contribution in [0.25, 0.3) is 0 Å². The van der Waals surface area contributed by atoms with Crippen LogP contribution < -0.4 is 5.32 Å². The minimum absolute atomic E-state index is 0.0286. The first-order valence-electron chi connectivity index (χ1n) is 9.10. The normalized spacial score (nSPS) is 16.0. The molecule has 1 N–H and O–H groups in total. The summed E-state index contributed by atoms with van der Waals surface area (Å²) >= 11 is 1.28. The third-order valence-electron chi connectivity index (χ3n) is 4.55. The minimum Gasteiger partial charge on any atom is -0.350 e. The zero-order chi connectivity index (χ0) is 20.0. The quantitative estimate of drug-likeness (QED) is 0.672. The van der Waals surface area contributed by atoms with Crippen LogP contribution in [0.4, 0.5) is 4.79 Å². The Morgan fingerprint density at radius 1 is 1.26 bits per heavy atom. The fourth-order valence-electron chi connectivity index (χ4n) is 2.90. The average molecular weight is 414 g/mol. The molecule has 0 bridgehead atoms. The number of nitrogens with zero attached hydrogens (tertiary/aromatic N) is 2. The molecule has 0 spiro atoms. The maximum atomic E-state index is 12.5. The van der Waals surface area contributed by atoms with Crippen molar-refractivity contribution in [2.24, 2.45) is 0 Å². The van der Waals surface area contributed by atoms with E-state index in [1.165, 1.54) is 16.1 Å². The number of thioether (sulfide) groups is 1. The summed E-state index contributed by atoms with van der Waals surface area (Å²) < 4.78 is 26.4. The van der Waals surface area contributed by atoms with E-state index in [2.05, 4.69) is 5.32 Å². The molecule has 7 nitrogen and oxygen atoms in total. The van der Waals surface area contributed by atoms with Gasteiger partial charge in [0, 0.05) is 38.4 Å². The second-order valence-corrected chi connectivity index (χ2v) is 9.28. The number of hydrogen-bond donors (Lipinski definition) is 1. The molecule has 27 heavy (non-hydrogen) atoms. The molecule has 0 saturated carbocycles. The van der Waals surface area contributed by atoms with E-state index in [0.29, 0.717) is 26.2 Å². The minimum atomic E-state index is -3.48. The standard InChI is InChI=1S/C18H27N3O4S2/c1-4-21(5-2)27(24,25)16-8-6-15(7-9-16)14(3)19-17(22)10-11-20-12-13-26-18(20)23/h6-9,14H,4-5,10-13H2,1-3H3,(H,19,22)/t14-/m1/s1. The number of carbonyl (C=O) groups is 2. The Labute approximate surface area is 165 Å². The molecule has 1 aliphatic rings. The number of rotatable bonds is 9. The summed E-state index contributed by atoms with van der Waals surface area (Å²) in [5, 5.41) is 2.92. The molecule has 0 unspecified atom stereocenters. The van der Waals surface area contributed by atoms with Crippen LogP contribution in [0.1, 0.15) is 38.8 Å². The molecule has 0 radical (unpaired) electrons. The van der Waals surface area contributed by atoms with Crippen LogP contribution in [0, 0.1) is 0 Å². The van der Waals surface area contributed by atoms with E-state index in [1.807, 2.05) is 6.92 Å². The molecule has 1 aromatic rings. The van der Waals surface area contributed by atoms with Gasteiger partial charge in [0.15, 0.2) is 0 Å². The smallest absolute Gasteiger partial charge is 0.281 e. The topological polar surface area (TPSA) is 86.8 Å². The highest BCUT2D eigenvalue weighted by molar-refractivity contribution is 8.13. The van der Waals surface area contributed by atoms with Crippen LogP contribution >= 0.6 is 11.8 Å². The van der Waals surface area contributed by atoms with Crippen molar-refractivity contribution in [3.05, 3.63) is 29.8 Å². The van der Waals surface area contributed by atoms with Crippen molar-refractivity contribution in [3.63, 3.8) is 0 Å². The van der Waals surface area contributed by atoms with E-state index in [9.17, 15) is 18.0 Å². The molecule has 1 atom stereocenters. The van der Waals surface area contributed by atoms with Gasteiger partial charge in [-0.1, -0.05) is 37.7 Å². The lowest BCUT2D eigenvalue weighted by Crippen LogP contribution is -2.32. The van der Waals surface area contributed by atoms with Gasteiger partial charge < -0.3 is 10.2 Å². The maximum absolute atomic E-state index is 12.5. The van der Waals surface area contributed by atoms with Gasteiger partial charge in [0.05, 0.1) is 10.9 Å². The Morgan fingerprint density at radius 3 is 2.41 bits per heavy atom. The molecular weight excluding hydrogens is 386 g/mol. The van der Waals surface area contributed by atoms with Crippen molar-refractivity contribution in [1.29, 1.82) is 0 Å². The Bertz CT molecular complexity index is 761. The SMILES string of the molecule is CCN(CC)S(=O)(=O)c1ccc([C@@H](C)NC(=O)CCN2CCSC2=O)cc1. The van der Waals surface area contributed by atoms with Gasteiger partial charge in [-0.05, 0) is 24.6 Å². The van der Waals surface area contributed by atoms with Gasteiger partial charge in [0.1, 0.15) is 0 Å². The van der Waals surface area contributed by atoms with Crippen LogP contribution in [0.5, 0.6) is 0 Å². The Balaban J connectivity index is 1.93. The van der Waals surface area contributed by atoms with Gasteiger partial charge in [0.2, 0.25) is 15.9 Å². The molecular formula is C18H27N3O4S2. The van der Waals surface area contributed by atoms with Crippen molar-refractivity contribution in [1.82, 2.24) is 14.5 Å². The summed E-state index contributed by atoms with van der Waals surface area (Å²) in [6, 6.07) is 6.35. The van der Waals surface area contributed by atoms with Crippen LogP contribution in [0.15, 0.2) is 29.2 Å². The number of amides is 2. The van der Waals surface area contributed by atoms with E-state index in [1.54, 1.807) is 43.0 Å². The van der Waals surface area contributed by atoms with E-state index >= 15 is 0 Å². The van der Waals surface area contributed by atoms with Crippen LogP contribution in [-0.4, -0.2) is 60.7 Å². The van der Waals surface area contributed by atoms with Crippen LogP contribution in [0.3, 0.4) is 0 Å². The fourth-order valence-corrected chi connectivity index (χ4v) is 5.21. The van der Waals surface area contributed by atoms with Gasteiger partial charge in [-0.3, -0.25) is 9.59 Å². The van der Waals surface area contributed by atoms with Gasteiger partial charge in [-0.25, -0.2) is 8.42 Å². The molecule has 150 valence electrons. The monoisotopic (exact) mass is 413 g/mol. The van der Waals surface area contributed by atoms with E-state index in [4.69, 9.17) is 0 Å². The van der Waals surface area contributed by atoms with Gasteiger partial charge in [-0.2, -0.15) is 4.31 Å². The van der Waals surface area contributed by atoms with Crippen molar-refractivity contribution >= 4 is 32.9 Å². The highest BCUT2D eigenvalue weighted by atomic mass is 32.2. The maximum Gasteiger partial charge on any atom is 0.281 e. The highest BCUT2D eigenvalue weighted by Crippen LogP contribution is 2.20. The van der Waals surface area contributed by atoms with Gasteiger partial charge in [0.25, 0.3) is 5.24 Å². The van der Waals surface area contributed by atoms with Crippen LogP contribution in [0.2, 0.25) is 0 Å². The first-order valence-corrected chi connectivity index (χ1v) is 11.5. The molecule has 9 heteroatoms. The van der Waals surface area contributed by atoms with Gasteiger partial charge >= 0.3 is 0 Å². The Morgan fingerprint density at radius 2 is 1.89 bits per heavy atom. The third-order valence-corrected chi connectivity index (χ3v) is 7.51. The Hall–Kier alpha value is -1.58. The second-order valence-electron chi connectivity index (χ2n) is 6.30. The van der Waals surface area contributed by atoms with Gasteiger partial charge in [-0.15, -0.1) is 0 Å². The molecule has 1 aromatic carbocycles. The van der Waals surface area contributed by atoms with Crippen molar-refractivity contribution in [2.45, 2.75) is 38.1 Å². The predicted molar refractivity (Wildman–Crippen MR) is 107 cm³/mol. The zero-order valence-electron chi connectivity index (χ0n) is 16.0. The summed E-state index contributed by atoms with van der Waals surface area (Å²) in [5.41, 5.74) is 0.828. The van der Waals surface area contributed by atoms with Crippen molar-refractivity contribution in [2.75, 3.05) is 31.9 Å². The van der Waals surface area contributed by atoms with E-state index in [-0.39, 0.29) is 28.5 Å². The number of nitrogens with one attached hydrogen (secondary N) is 1. The largest absolute Gasteiger partial charge is 0.350 e. The number of sulfonamides is 1. The number of benzene rings is 1. The lowest BCUT2D eigenvalue weighted by atomic mass is 10.1. The van der Waals surface area contributed by atoms with Crippen LogP contribution in [-0.2, 0) is 14.8 Å². The summed E-state index contributed by atoms with van der Waals surface area (Å²) in [7, 11) is -3.48. The fraction of sp³-hybridized carbons (Fsp3) is 0.556. The summed E-state index contributed by atoms with van der Waals surface area (Å²) in [5.74, 6) is 0.645.